The van der Waals surface area contributed by atoms with E-state index in [9.17, 15) is 0 Å². The Kier molecular flexibility index (Phi) is 1.92. The highest BCUT2D eigenvalue weighted by Gasteiger charge is 2.14. The van der Waals surface area contributed by atoms with Gasteiger partial charge in [0.2, 0.25) is 0 Å². The molecular formula is C12H13N3. The van der Waals surface area contributed by atoms with Crippen LogP contribution in [-0.2, 0) is 13.0 Å². The highest BCUT2D eigenvalue weighted by molar-refractivity contribution is 5.78. The molecule has 15 heavy (non-hydrogen) atoms. The number of rotatable bonds is 0. The van der Waals surface area contributed by atoms with Crippen LogP contribution in [0.4, 0.5) is 0 Å². The van der Waals surface area contributed by atoms with Gasteiger partial charge in [0, 0.05) is 43.0 Å². The molecule has 1 aliphatic heterocycles. The van der Waals surface area contributed by atoms with Crippen LogP contribution in [0.25, 0.3) is 10.9 Å². The van der Waals surface area contributed by atoms with Crippen LogP contribution in [0.15, 0.2) is 24.5 Å². The summed E-state index contributed by atoms with van der Waals surface area (Å²) in [6.45, 7) is 2.11. The number of fused-ring (bicyclic) bond motifs is 2. The number of pyridine rings is 2. The molecule has 0 saturated carbocycles. The minimum atomic E-state index is 1.01. The zero-order valence-electron chi connectivity index (χ0n) is 8.77. The van der Waals surface area contributed by atoms with Crippen molar-refractivity contribution in [1.82, 2.24) is 14.9 Å². The summed E-state index contributed by atoms with van der Waals surface area (Å²) in [5, 5.41) is 1.14. The zero-order valence-corrected chi connectivity index (χ0v) is 8.77. The molecular weight excluding hydrogens is 186 g/mol. The van der Waals surface area contributed by atoms with Crippen LogP contribution in [0, 0.1) is 0 Å². The molecule has 0 fully saturated rings. The van der Waals surface area contributed by atoms with E-state index in [4.69, 9.17) is 0 Å². The van der Waals surface area contributed by atoms with E-state index in [1.807, 2.05) is 12.3 Å². The summed E-state index contributed by atoms with van der Waals surface area (Å²) in [6, 6.07) is 4.20. The Morgan fingerprint density at radius 3 is 3.27 bits per heavy atom. The van der Waals surface area contributed by atoms with Crippen molar-refractivity contribution >= 4 is 10.9 Å². The van der Waals surface area contributed by atoms with Crippen LogP contribution in [0.3, 0.4) is 0 Å². The minimum Gasteiger partial charge on any atom is -0.302 e. The van der Waals surface area contributed by atoms with Crippen molar-refractivity contribution in [3.05, 3.63) is 35.8 Å². The Balaban J connectivity index is 2.20. The van der Waals surface area contributed by atoms with Gasteiger partial charge in [0.05, 0.1) is 5.52 Å². The fraction of sp³-hybridized carbons (Fsp3) is 0.333. The van der Waals surface area contributed by atoms with E-state index in [1.165, 1.54) is 11.3 Å². The highest BCUT2D eigenvalue weighted by Crippen LogP contribution is 2.20. The molecule has 0 spiro atoms. The summed E-state index contributed by atoms with van der Waals surface area (Å²) in [4.78, 5) is 11.1. The first-order chi connectivity index (χ1) is 7.33. The molecule has 1 aliphatic rings. The lowest BCUT2D eigenvalue weighted by atomic mass is 10.0. The molecule has 0 atom stereocenters. The second-order valence-corrected chi connectivity index (χ2v) is 4.15. The maximum Gasteiger partial charge on any atom is 0.0736 e. The molecule has 3 heterocycles. The van der Waals surface area contributed by atoms with Gasteiger partial charge >= 0.3 is 0 Å². The molecule has 0 N–H and O–H groups in total. The van der Waals surface area contributed by atoms with Crippen LogP contribution < -0.4 is 0 Å². The van der Waals surface area contributed by atoms with Crippen molar-refractivity contribution in [2.45, 2.75) is 13.0 Å². The van der Waals surface area contributed by atoms with Gasteiger partial charge < -0.3 is 4.90 Å². The van der Waals surface area contributed by atoms with Crippen molar-refractivity contribution in [3.8, 4) is 0 Å². The van der Waals surface area contributed by atoms with Gasteiger partial charge in [-0.1, -0.05) is 0 Å². The van der Waals surface area contributed by atoms with Gasteiger partial charge in [-0.05, 0) is 24.7 Å². The standard InChI is InChI=1S/C12H13N3/c1-15-5-3-12-10(8-15)6-9-7-13-4-2-11(9)14-12/h2,4,6-7H,3,5,8H2,1H3. The van der Waals surface area contributed by atoms with Crippen molar-refractivity contribution in [1.29, 1.82) is 0 Å². The molecule has 0 amide bonds. The summed E-state index contributed by atoms with van der Waals surface area (Å²) < 4.78 is 0. The molecule has 2 aromatic rings. The minimum absolute atomic E-state index is 1.01. The number of aromatic nitrogens is 2. The van der Waals surface area contributed by atoms with E-state index in [2.05, 4.69) is 28.0 Å². The lowest BCUT2D eigenvalue weighted by Gasteiger charge is -2.24. The Hall–Kier alpha value is -1.48. The van der Waals surface area contributed by atoms with Crippen molar-refractivity contribution in [3.63, 3.8) is 0 Å². The van der Waals surface area contributed by atoms with Gasteiger partial charge in [0.1, 0.15) is 0 Å². The quantitative estimate of drug-likeness (QED) is 0.645. The Labute approximate surface area is 88.8 Å². The van der Waals surface area contributed by atoms with Gasteiger partial charge in [-0.2, -0.15) is 0 Å². The summed E-state index contributed by atoms with van der Waals surface area (Å²) in [6.07, 6.45) is 4.75. The monoisotopic (exact) mass is 199 g/mol. The molecule has 0 bridgehead atoms. The predicted octanol–water partition coefficient (Wildman–Crippen LogP) is 1.62. The third-order valence-corrected chi connectivity index (χ3v) is 2.95. The predicted molar refractivity (Wildman–Crippen MR) is 59.6 cm³/mol. The third-order valence-electron chi connectivity index (χ3n) is 2.95. The summed E-state index contributed by atoms with van der Waals surface area (Å²) in [5.74, 6) is 0. The summed E-state index contributed by atoms with van der Waals surface area (Å²) >= 11 is 0. The van der Waals surface area contributed by atoms with Crippen molar-refractivity contribution in [2.24, 2.45) is 0 Å². The second kappa shape index (κ2) is 3.28. The van der Waals surface area contributed by atoms with Gasteiger partial charge in [-0.15, -0.1) is 0 Å². The second-order valence-electron chi connectivity index (χ2n) is 4.15. The van der Waals surface area contributed by atoms with Crippen LogP contribution >= 0.6 is 0 Å². The lowest BCUT2D eigenvalue weighted by Crippen LogP contribution is -2.27. The molecule has 2 aromatic heterocycles. The number of hydrogen-bond donors (Lipinski definition) is 0. The average molecular weight is 199 g/mol. The van der Waals surface area contributed by atoms with Gasteiger partial charge in [-0.3, -0.25) is 9.97 Å². The fourth-order valence-corrected chi connectivity index (χ4v) is 2.12. The SMILES string of the molecule is CN1CCc2nc3ccncc3cc2C1. The van der Waals surface area contributed by atoms with Crippen LogP contribution in [0.2, 0.25) is 0 Å². The normalized spacial score (nSPS) is 16.6. The van der Waals surface area contributed by atoms with E-state index in [0.717, 1.165) is 30.4 Å². The average Bonchev–Trinajstić information content (AvgIpc) is 2.26. The zero-order chi connectivity index (χ0) is 10.3. The first-order valence-electron chi connectivity index (χ1n) is 5.24. The summed E-state index contributed by atoms with van der Waals surface area (Å²) in [5.41, 5.74) is 3.67. The molecule has 3 rings (SSSR count). The highest BCUT2D eigenvalue weighted by atomic mass is 15.1. The van der Waals surface area contributed by atoms with E-state index < -0.39 is 0 Å². The third kappa shape index (κ3) is 1.49. The van der Waals surface area contributed by atoms with Gasteiger partial charge in [0.15, 0.2) is 0 Å². The smallest absolute Gasteiger partial charge is 0.0736 e. The topological polar surface area (TPSA) is 29.0 Å². The van der Waals surface area contributed by atoms with Crippen LogP contribution in [-0.4, -0.2) is 28.5 Å². The molecule has 0 aliphatic carbocycles. The van der Waals surface area contributed by atoms with Crippen LogP contribution in [0.5, 0.6) is 0 Å². The summed E-state index contributed by atoms with van der Waals surface area (Å²) in [7, 11) is 2.15. The lowest BCUT2D eigenvalue weighted by molar-refractivity contribution is 0.310. The first-order valence-corrected chi connectivity index (χ1v) is 5.24. The van der Waals surface area contributed by atoms with E-state index in [1.54, 1.807) is 6.20 Å². The number of likely N-dealkylation sites (N-methyl/N-ethyl adjacent to an activating group) is 1. The van der Waals surface area contributed by atoms with Gasteiger partial charge in [-0.25, -0.2) is 0 Å². The molecule has 0 unspecified atom stereocenters. The van der Waals surface area contributed by atoms with E-state index in [-0.39, 0.29) is 0 Å². The molecule has 76 valence electrons. The molecule has 3 heteroatoms. The maximum absolute atomic E-state index is 4.68. The molecule has 0 aromatic carbocycles. The maximum atomic E-state index is 4.68. The number of hydrogen-bond acceptors (Lipinski definition) is 3. The van der Waals surface area contributed by atoms with Gasteiger partial charge in [0.25, 0.3) is 0 Å². The Morgan fingerprint density at radius 2 is 2.33 bits per heavy atom. The largest absolute Gasteiger partial charge is 0.302 e. The molecule has 0 radical (unpaired) electrons. The first kappa shape index (κ1) is 8.80. The fourth-order valence-electron chi connectivity index (χ4n) is 2.12. The number of nitrogens with zero attached hydrogens (tertiary/aromatic N) is 3. The Bertz CT molecular complexity index is 507. The van der Waals surface area contributed by atoms with E-state index >= 15 is 0 Å². The van der Waals surface area contributed by atoms with Crippen molar-refractivity contribution in [2.75, 3.05) is 13.6 Å². The molecule has 3 nitrogen and oxygen atoms in total. The van der Waals surface area contributed by atoms with E-state index in [0.29, 0.717) is 0 Å². The Morgan fingerprint density at radius 1 is 1.40 bits per heavy atom. The van der Waals surface area contributed by atoms with Crippen LogP contribution in [0.1, 0.15) is 11.3 Å². The molecule has 0 saturated heterocycles. The van der Waals surface area contributed by atoms with Crippen molar-refractivity contribution < 1.29 is 0 Å².